The average Bonchev–Trinajstić information content (AvgIpc) is 3.14. The second-order valence-electron chi connectivity index (χ2n) is 6.02. The van der Waals surface area contributed by atoms with Crippen LogP contribution in [-0.4, -0.2) is 24.0 Å². The standard InChI is InChI=1S/C20H20N4O3S/c1-13-5-3-7-15(9-13)22-19(26)24-20-23-17(12-28-20)18(25)21-11-14-6-4-8-16(10-14)27-2/h3-10,12H,11H2,1-2H3,(H,21,25)(H2,22,23,24,26). The van der Waals surface area contributed by atoms with E-state index < -0.39 is 6.03 Å². The molecule has 0 aliphatic rings. The maximum absolute atomic E-state index is 12.3. The van der Waals surface area contributed by atoms with Crippen LogP contribution in [0.25, 0.3) is 0 Å². The molecule has 28 heavy (non-hydrogen) atoms. The number of nitrogens with one attached hydrogen (secondary N) is 3. The fourth-order valence-electron chi connectivity index (χ4n) is 2.47. The Kier molecular flexibility index (Phi) is 6.23. The van der Waals surface area contributed by atoms with Gasteiger partial charge in [0.2, 0.25) is 0 Å². The highest BCUT2D eigenvalue weighted by Gasteiger charge is 2.12. The van der Waals surface area contributed by atoms with Crippen molar-refractivity contribution in [2.24, 2.45) is 0 Å². The molecule has 0 atom stereocenters. The normalized spacial score (nSPS) is 10.2. The van der Waals surface area contributed by atoms with E-state index in [1.54, 1.807) is 18.6 Å². The Morgan fingerprint density at radius 1 is 1.11 bits per heavy atom. The number of ether oxygens (including phenoxy) is 1. The number of thiazole rings is 1. The van der Waals surface area contributed by atoms with E-state index in [-0.39, 0.29) is 11.6 Å². The van der Waals surface area contributed by atoms with Crippen molar-refractivity contribution in [2.75, 3.05) is 17.7 Å². The molecule has 1 heterocycles. The van der Waals surface area contributed by atoms with Crippen molar-refractivity contribution in [3.8, 4) is 5.75 Å². The van der Waals surface area contributed by atoms with Crippen molar-refractivity contribution in [3.05, 3.63) is 70.7 Å². The monoisotopic (exact) mass is 396 g/mol. The minimum Gasteiger partial charge on any atom is -0.497 e. The Hall–Kier alpha value is -3.39. The number of amides is 3. The van der Waals surface area contributed by atoms with Gasteiger partial charge in [0.05, 0.1) is 7.11 Å². The number of hydrogen-bond donors (Lipinski definition) is 3. The summed E-state index contributed by atoms with van der Waals surface area (Å²) in [5.41, 5.74) is 2.89. The van der Waals surface area contributed by atoms with Gasteiger partial charge in [0, 0.05) is 17.6 Å². The van der Waals surface area contributed by atoms with Crippen molar-refractivity contribution < 1.29 is 14.3 Å². The molecule has 144 valence electrons. The average molecular weight is 396 g/mol. The van der Waals surface area contributed by atoms with Crippen LogP contribution in [0.4, 0.5) is 15.6 Å². The molecule has 0 saturated carbocycles. The molecule has 0 unspecified atom stereocenters. The maximum atomic E-state index is 12.3. The topological polar surface area (TPSA) is 92.4 Å². The van der Waals surface area contributed by atoms with Crippen LogP contribution in [0.3, 0.4) is 0 Å². The number of rotatable bonds is 6. The maximum Gasteiger partial charge on any atom is 0.325 e. The Labute approximate surface area is 166 Å². The summed E-state index contributed by atoms with van der Waals surface area (Å²) in [5, 5.41) is 10.1. The van der Waals surface area contributed by atoms with Crippen molar-refractivity contribution in [1.29, 1.82) is 0 Å². The van der Waals surface area contributed by atoms with E-state index in [1.165, 1.54) is 11.3 Å². The second-order valence-corrected chi connectivity index (χ2v) is 6.88. The summed E-state index contributed by atoms with van der Waals surface area (Å²) in [6.07, 6.45) is 0. The molecular weight excluding hydrogens is 376 g/mol. The van der Waals surface area contributed by atoms with Crippen LogP contribution in [0.2, 0.25) is 0 Å². The quantitative estimate of drug-likeness (QED) is 0.586. The molecule has 0 radical (unpaired) electrons. The Morgan fingerprint density at radius 3 is 2.71 bits per heavy atom. The highest BCUT2D eigenvalue weighted by Crippen LogP contribution is 2.17. The number of carbonyl (C=O) groups excluding carboxylic acids is 2. The molecular formula is C20H20N4O3S. The molecule has 0 spiro atoms. The fraction of sp³-hybridized carbons (Fsp3) is 0.150. The summed E-state index contributed by atoms with van der Waals surface area (Å²) in [7, 11) is 1.59. The first-order chi connectivity index (χ1) is 13.5. The molecule has 0 aliphatic carbocycles. The van der Waals surface area contributed by atoms with Crippen LogP contribution in [0.15, 0.2) is 53.9 Å². The molecule has 8 heteroatoms. The second kappa shape index (κ2) is 9.01. The Balaban J connectivity index is 1.54. The molecule has 0 fully saturated rings. The zero-order valence-corrected chi connectivity index (χ0v) is 16.3. The molecule has 2 aromatic carbocycles. The molecule has 3 N–H and O–H groups in total. The van der Waals surface area contributed by atoms with Gasteiger partial charge in [-0.05, 0) is 42.3 Å². The van der Waals surface area contributed by atoms with Gasteiger partial charge in [0.25, 0.3) is 5.91 Å². The number of nitrogens with zero attached hydrogens (tertiary/aromatic N) is 1. The van der Waals surface area contributed by atoms with Gasteiger partial charge in [-0.1, -0.05) is 24.3 Å². The van der Waals surface area contributed by atoms with Crippen molar-refractivity contribution in [3.63, 3.8) is 0 Å². The van der Waals surface area contributed by atoms with Gasteiger partial charge >= 0.3 is 6.03 Å². The van der Waals surface area contributed by atoms with Crippen molar-refractivity contribution in [1.82, 2.24) is 10.3 Å². The van der Waals surface area contributed by atoms with E-state index in [4.69, 9.17) is 4.74 Å². The molecule has 0 saturated heterocycles. The fourth-order valence-corrected chi connectivity index (χ4v) is 3.16. The Morgan fingerprint density at radius 2 is 1.93 bits per heavy atom. The molecule has 3 amide bonds. The van der Waals surface area contributed by atoms with E-state index in [9.17, 15) is 9.59 Å². The summed E-state index contributed by atoms with van der Waals surface area (Å²) in [6.45, 7) is 2.30. The number of carbonyl (C=O) groups is 2. The largest absolute Gasteiger partial charge is 0.497 e. The molecule has 0 bridgehead atoms. The van der Waals surface area contributed by atoms with Gasteiger partial charge in [-0.15, -0.1) is 11.3 Å². The van der Waals surface area contributed by atoms with Gasteiger partial charge in [-0.25, -0.2) is 9.78 Å². The number of methoxy groups -OCH3 is 1. The number of aromatic nitrogens is 1. The molecule has 1 aromatic heterocycles. The predicted molar refractivity (Wildman–Crippen MR) is 110 cm³/mol. The Bertz CT molecular complexity index is 987. The minimum atomic E-state index is -0.414. The highest BCUT2D eigenvalue weighted by molar-refractivity contribution is 7.14. The van der Waals surface area contributed by atoms with Gasteiger partial charge < -0.3 is 15.4 Å². The van der Waals surface area contributed by atoms with Crippen LogP contribution in [0.5, 0.6) is 5.75 Å². The molecule has 0 aliphatic heterocycles. The van der Waals surface area contributed by atoms with E-state index in [0.717, 1.165) is 16.9 Å². The summed E-state index contributed by atoms with van der Waals surface area (Å²) in [6, 6.07) is 14.5. The van der Waals surface area contributed by atoms with Gasteiger partial charge in [-0.2, -0.15) is 0 Å². The van der Waals surface area contributed by atoms with Crippen LogP contribution < -0.4 is 20.7 Å². The smallest absolute Gasteiger partial charge is 0.325 e. The van der Waals surface area contributed by atoms with E-state index in [1.807, 2.05) is 49.4 Å². The number of urea groups is 1. The SMILES string of the molecule is COc1cccc(CNC(=O)c2csc(NC(=O)Nc3cccc(C)c3)n2)c1. The van der Waals surface area contributed by atoms with Crippen LogP contribution in [0, 0.1) is 6.92 Å². The van der Waals surface area contributed by atoms with Gasteiger partial charge in [-0.3, -0.25) is 10.1 Å². The van der Waals surface area contributed by atoms with Crippen molar-refractivity contribution in [2.45, 2.75) is 13.5 Å². The first-order valence-corrected chi connectivity index (χ1v) is 9.43. The summed E-state index contributed by atoms with van der Waals surface area (Å²) in [5.74, 6) is 0.415. The van der Waals surface area contributed by atoms with Crippen LogP contribution >= 0.6 is 11.3 Å². The van der Waals surface area contributed by atoms with Crippen LogP contribution in [0.1, 0.15) is 21.6 Å². The van der Waals surface area contributed by atoms with Crippen molar-refractivity contribution >= 4 is 34.1 Å². The third-order valence-electron chi connectivity index (χ3n) is 3.82. The lowest BCUT2D eigenvalue weighted by Gasteiger charge is -2.06. The predicted octanol–water partition coefficient (Wildman–Crippen LogP) is 4.03. The third-order valence-corrected chi connectivity index (χ3v) is 4.58. The number of aryl methyl sites for hydroxylation is 1. The zero-order valence-electron chi connectivity index (χ0n) is 15.5. The van der Waals surface area contributed by atoms with E-state index >= 15 is 0 Å². The summed E-state index contributed by atoms with van der Waals surface area (Å²) >= 11 is 1.18. The number of anilines is 2. The first-order valence-electron chi connectivity index (χ1n) is 8.55. The zero-order chi connectivity index (χ0) is 19.9. The van der Waals surface area contributed by atoms with E-state index in [0.29, 0.717) is 17.4 Å². The lowest BCUT2D eigenvalue weighted by Crippen LogP contribution is -2.23. The lowest BCUT2D eigenvalue weighted by atomic mass is 10.2. The number of benzene rings is 2. The summed E-state index contributed by atoms with van der Waals surface area (Å²) < 4.78 is 5.17. The third kappa shape index (κ3) is 5.31. The van der Waals surface area contributed by atoms with Gasteiger partial charge in [0.1, 0.15) is 11.4 Å². The molecule has 3 aromatic rings. The lowest BCUT2D eigenvalue weighted by molar-refractivity contribution is 0.0946. The minimum absolute atomic E-state index is 0.249. The molecule has 7 nitrogen and oxygen atoms in total. The summed E-state index contributed by atoms with van der Waals surface area (Å²) in [4.78, 5) is 28.5. The first kappa shape index (κ1) is 19.4. The molecule has 3 rings (SSSR count). The van der Waals surface area contributed by atoms with E-state index in [2.05, 4.69) is 20.9 Å². The highest BCUT2D eigenvalue weighted by atomic mass is 32.1. The van der Waals surface area contributed by atoms with Crippen LogP contribution in [-0.2, 0) is 6.54 Å². The van der Waals surface area contributed by atoms with Gasteiger partial charge in [0.15, 0.2) is 5.13 Å². The number of hydrogen-bond acceptors (Lipinski definition) is 5.